The number of nitrogens with one attached hydrogen (secondary N) is 1. The highest BCUT2D eigenvalue weighted by Gasteiger charge is 2.51. The third-order valence-corrected chi connectivity index (χ3v) is 13.4. The highest BCUT2D eigenvalue weighted by atomic mass is 32.2. The third-order valence-electron chi connectivity index (χ3n) is 8.04. The van der Waals surface area contributed by atoms with Crippen molar-refractivity contribution < 1.29 is 13.9 Å². The lowest BCUT2D eigenvalue weighted by atomic mass is 10.2. The number of aromatic nitrogens is 3. The maximum absolute atomic E-state index is 13.1. The Balaban J connectivity index is 1.51. The molecule has 1 saturated heterocycles. The quantitative estimate of drug-likeness (QED) is 0.110. The fraction of sp³-hybridized carbons (Fsp3) is 0.424. The third kappa shape index (κ3) is 6.43. The van der Waals surface area contributed by atoms with E-state index >= 15 is 0 Å². The van der Waals surface area contributed by atoms with Crippen molar-refractivity contribution in [2.24, 2.45) is 4.99 Å². The Morgan fingerprint density at radius 1 is 1.14 bits per heavy atom. The number of benzene rings is 2. The molecule has 9 nitrogen and oxygen atoms in total. The second-order valence-electron chi connectivity index (χ2n) is 12.5. The minimum atomic E-state index is -2.78. The molecule has 0 radical (unpaired) electrons. The lowest BCUT2D eigenvalue weighted by Crippen LogP contribution is -2.67. The minimum Gasteiger partial charge on any atom is -0.405 e. The van der Waals surface area contributed by atoms with Crippen LogP contribution in [0, 0.1) is 6.92 Å². The summed E-state index contributed by atoms with van der Waals surface area (Å²) in [5, 5.41) is 2.81. The van der Waals surface area contributed by atoms with E-state index in [1.807, 2.05) is 50.2 Å². The molecule has 2 aromatic carbocycles. The van der Waals surface area contributed by atoms with Gasteiger partial charge in [-0.25, -0.2) is 4.99 Å². The van der Waals surface area contributed by atoms with E-state index in [1.165, 1.54) is 10.4 Å². The number of hydrogen-bond donors (Lipinski definition) is 1. The first-order valence-corrected chi connectivity index (χ1v) is 18.2. The van der Waals surface area contributed by atoms with E-state index in [9.17, 15) is 4.79 Å². The number of aliphatic imine (C=N–C) groups is 1. The van der Waals surface area contributed by atoms with Gasteiger partial charge in [0, 0.05) is 26.7 Å². The molecule has 0 saturated carbocycles. The van der Waals surface area contributed by atoms with Gasteiger partial charge in [-0.15, -0.1) is 11.8 Å². The van der Waals surface area contributed by atoms with Gasteiger partial charge in [0.05, 0.1) is 30.4 Å². The molecule has 0 bridgehead atoms. The van der Waals surface area contributed by atoms with Crippen molar-refractivity contribution >= 4 is 53.8 Å². The van der Waals surface area contributed by atoms with Crippen molar-refractivity contribution in [2.45, 2.75) is 57.6 Å². The number of thioether (sulfide) groups is 1. The molecule has 1 N–H and O–H groups in total. The van der Waals surface area contributed by atoms with E-state index in [0.29, 0.717) is 30.0 Å². The number of hydrogen-bond acceptors (Lipinski definition) is 7. The summed E-state index contributed by atoms with van der Waals surface area (Å²) in [7, 11) is 0.951. The zero-order chi connectivity index (χ0) is 31.5. The molecule has 5 rings (SSSR count). The van der Waals surface area contributed by atoms with E-state index in [2.05, 4.69) is 79.3 Å². The van der Waals surface area contributed by atoms with Gasteiger partial charge in [-0.1, -0.05) is 81.4 Å². The molecule has 1 unspecified atom stereocenters. The number of rotatable bonds is 11. The molecule has 11 heteroatoms. The standard InChI is InChI=1S/C33H43N5O4SSi/c1-23-19-38(30-29(23)31(39)36-32(35-30)34-21-37(5)6)28-18-26(40-22-43-7)27(42-28)20-41-44(33(2,3)4,24-14-10-8-11-15-24)25-16-12-9-13-17-25/h8-17,19,21,26-28H,18,20,22H2,1-7H3,(H,35,36,39)/t26?,27-,28-/m1/s1. The van der Waals surface area contributed by atoms with Crippen LogP contribution < -0.4 is 15.9 Å². The average Bonchev–Trinajstić information content (AvgIpc) is 3.56. The summed E-state index contributed by atoms with van der Waals surface area (Å²) < 4.78 is 22.3. The van der Waals surface area contributed by atoms with E-state index in [4.69, 9.17) is 18.9 Å². The van der Waals surface area contributed by atoms with Gasteiger partial charge < -0.3 is 23.4 Å². The lowest BCUT2D eigenvalue weighted by Gasteiger charge is -2.43. The van der Waals surface area contributed by atoms with Crippen LogP contribution in [0.1, 0.15) is 39.0 Å². The van der Waals surface area contributed by atoms with Crippen molar-refractivity contribution in [3.63, 3.8) is 0 Å². The number of nitrogens with zero attached hydrogens (tertiary/aromatic N) is 4. The fourth-order valence-electron chi connectivity index (χ4n) is 6.10. The van der Waals surface area contributed by atoms with Crippen LogP contribution in [0.15, 0.2) is 76.6 Å². The zero-order valence-electron chi connectivity index (χ0n) is 26.6. The van der Waals surface area contributed by atoms with E-state index in [0.717, 1.165) is 5.56 Å². The number of aromatic amines is 1. The molecule has 1 aliphatic rings. The van der Waals surface area contributed by atoms with Gasteiger partial charge in [0.25, 0.3) is 13.9 Å². The summed E-state index contributed by atoms with van der Waals surface area (Å²) in [6, 6.07) is 21.2. The van der Waals surface area contributed by atoms with E-state index < -0.39 is 8.32 Å². The zero-order valence-corrected chi connectivity index (χ0v) is 28.4. The number of fused-ring (bicyclic) bond motifs is 1. The molecule has 1 aliphatic heterocycles. The average molecular weight is 634 g/mol. The minimum absolute atomic E-state index is 0.161. The molecular formula is C33H43N5O4SSi. The van der Waals surface area contributed by atoms with Crippen LogP contribution in [0.25, 0.3) is 11.0 Å². The largest absolute Gasteiger partial charge is 0.405 e. The van der Waals surface area contributed by atoms with E-state index in [1.54, 1.807) is 23.0 Å². The second-order valence-corrected chi connectivity index (χ2v) is 17.6. The van der Waals surface area contributed by atoms with Crippen molar-refractivity contribution in [1.29, 1.82) is 0 Å². The Hall–Kier alpha value is -3.22. The molecule has 0 spiro atoms. The Labute approximate surface area is 264 Å². The maximum atomic E-state index is 13.1. The van der Waals surface area contributed by atoms with Crippen LogP contribution in [0.4, 0.5) is 5.95 Å². The maximum Gasteiger partial charge on any atom is 0.262 e. The Morgan fingerprint density at radius 3 is 2.34 bits per heavy atom. The van der Waals surface area contributed by atoms with Crippen molar-refractivity contribution in [2.75, 3.05) is 32.9 Å². The van der Waals surface area contributed by atoms with Gasteiger partial charge >= 0.3 is 0 Å². The lowest BCUT2D eigenvalue weighted by molar-refractivity contribution is -0.0500. The first-order valence-electron chi connectivity index (χ1n) is 14.9. The van der Waals surface area contributed by atoms with Gasteiger partial charge in [-0.3, -0.25) is 9.78 Å². The summed E-state index contributed by atoms with van der Waals surface area (Å²) in [6.07, 6.45) is 5.27. The summed E-state index contributed by atoms with van der Waals surface area (Å²) in [6.45, 7) is 9.10. The Kier molecular flexibility index (Phi) is 9.81. The molecule has 0 amide bonds. The van der Waals surface area contributed by atoms with E-state index in [-0.39, 0.29) is 35.0 Å². The van der Waals surface area contributed by atoms with Crippen LogP contribution in [0.3, 0.4) is 0 Å². The summed E-state index contributed by atoms with van der Waals surface area (Å²) >= 11 is 1.63. The smallest absolute Gasteiger partial charge is 0.262 e. The molecule has 4 aromatic rings. The molecule has 1 fully saturated rings. The Morgan fingerprint density at radius 2 is 1.77 bits per heavy atom. The van der Waals surface area contributed by atoms with Gasteiger partial charge in [0.1, 0.15) is 12.3 Å². The normalized spacial score (nSPS) is 19.3. The second kappa shape index (κ2) is 13.4. The molecular weight excluding hydrogens is 591 g/mol. The van der Waals surface area contributed by atoms with Crippen molar-refractivity contribution in [1.82, 2.24) is 19.4 Å². The molecule has 3 heterocycles. The van der Waals surface area contributed by atoms with Gasteiger partial charge in [0.15, 0.2) is 5.65 Å². The number of H-pyrrole nitrogens is 1. The summed E-state index contributed by atoms with van der Waals surface area (Å²) in [4.78, 5) is 26.7. The van der Waals surface area contributed by atoms with Gasteiger partial charge in [-0.05, 0) is 34.2 Å². The SMILES string of the molecule is CSCOC1C[C@H](n2cc(C)c3c(=O)[nH]c(N=CN(C)C)nc32)O[C@@H]1CO[Si](c1ccccc1)(c1ccccc1)C(C)(C)C. The molecule has 0 aliphatic carbocycles. The fourth-order valence-corrected chi connectivity index (χ4v) is 11.0. The van der Waals surface area contributed by atoms with Crippen molar-refractivity contribution in [3.05, 3.63) is 82.8 Å². The molecule has 2 aromatic heterocycles. The Bertz CT molecular complexity index is 1600. The van der Waals surface area contributed by atoms with Crippen LogP contribution >= 0.6 is 11.8 Å². The van der Waals surface area contributed by atoms with Gasteiger partial charge in [-0.2, -0.15) is 4.98 Å². The van der Waals surface area contributed by atoms with Gasteiger partial charge in [0.2, 0.25) is 5.95 Å². The monoisotopic (exact) mass is 633 g/mol. The van der Waals surface area contributed by atoms with Crippen LogP contribution in [-0.4, -0.2) is 79.2 Å². The first kappa shape index (κ1) is 32.2. The highest BCUT2D eigenvalue weighted by Crippen LogP contribution is 2.39. The predicted molar refractivity (Wildman–Crippen MR) is 182 cm³/mol. The highest BCUT2D eigenvalue weighted by molar-refractivity contribution is 7.98. The number of aryl methyl sites for hydroxylation is 1. The summed E-state index contributed by atoms with van der Waals surface area (Å²) in [5.74, 6) is 0.791. The van der Waals surface area contributed by atoms with Crippen molar-refractivity contribution in [3.8, 4) is 0 Å². The van der Waals surface area contributed by atoms with Crippen LogP contribution in [0.5, 0.6) is 0 Å². The number of ether oxygens (including phenoxy) is 2. The molecule has 3 atom stereocenters. The summed E-state index contributed by atoms with van der Waals surface area (Å²) in [5.41, 5.74) is 1.14. The topological polar surface area (TPSA) is 94.0 Å². The first-order chi connectivity index (χ1) is 21.0. The van der Waals surface area contributed by atoms with Crippen LogP contribution in [0.2, 0.25) is 5.04 Å². The van der Waals surface area contributed by atoms with Crippen LogP contribution in [-0.2, 0) is 13.9 Å². The predicted octanol–water partition coefficient (Wildman–Crippen LogP) is 4.82. The molecule has 44 heavy (non-hydrogen) atoms. The molecule has 234 valence electrons.